The van der Waals surface area contributed by atoms with Gasteiger partial charge in [0.2, 0.25) is 0 Å². The molecule has 0 aliphatic carbocycles. The first-order chi connectivity index (χ1) is 7.81. The van der Waals surface area contributed by atoms with Crippen molar-refractivity contribution >= 4 is 22.8 Å². The predicted molar refractivity (Wildman–Crippen MR) is 66.7 cm³/mol. The number of hydrogen-bond acceptors (Lipinski definition) is 2. The average Bonchev–Trinajstić information content (AvgIpc) is 2.70. The molecule has 3 nitrogen and oxygen atoms in total. The molecular formula is C12H16ClN3. The molecule has 2 aromatic heterocycles. The van der Waals surface area contributed by atoms with Gasteiger partial charge in [0, 0.05) is 12.2 Å². The average molecular weight is 238 g/mol. The van der Waals surface area contributed by atoms with Gasteiger partial charge in [-0.05, 0) is 25.0 Å². The Labute approximate surface area is 100 Å². The van der Waals surface area contributed by atoms with Crippen LogP contribution in [0.1, 0.15) is 38.6 Å². The third-order valence-electron chi connectivity index (χ3n) is 2.95. The molecule has 0 bridgehead atoms. The van der Waals surface area contributed by atoms with Gasteiger partial charge in [0.25, 0.3) is 0 Å². The zero-order valence-corrected chi connectivity index (χ0v) is 10.4. The smallest absolute Gasteiger partial charge is 0.160 e. The van der Waals surface area contributed by atoms with E-state index >= 15 is 0 Å². The monoisotopic (exact) mass is 237 g/mol. The number of rotatable bonds is 4. The van der Waals surface area contributed by atoms with E-state index in [4.69, 9.17) is 11.6 Å². The summed E-state index contributed by atoms with van der Waals surface area (Å²) >= 11 is 5.95. The summed E-state index contributed by atoms with van der Waals surface area (Å²) in [6.07, 6.45) is 3.95. The molecule has 0 fully saturated rings. The van der Waals surface area contributed by atoms with E-state index in [9.17, 15) is 0 Å². The summed E-state index contributed by atoms with van der Waals surface area (Å²) in [6.45, 7) is 4.36. The van der Waals surface area contributed by atoms with E-state index in [1.165, 1.54) is 0 Å². The first-order valence-corrected chi connectivity index (χ1v) is 6.23. The van der Waals surface area contributed by atoms with Crippen molar-refractivity contribution in [2.24, 2.45) is 0 Å². The van der Waals surface area contributed by atoms with Crippen LogP contribution in [0.3, 0.4) is 0 Å². The first-order valence-electron chi connectivity index (χ1n) is 5.69. The molecule has 4 heteroatoms. The summed E-state index contributed by atoms with van der Waals surface area (Å²) in [5.41, 5.74) is 1.89. The molecule has 0 amide bonds. The summed E-state index contributed by atoms with van der Waals surface area (Å²) in [6, 6.07) is 4.33. The summed E-state index contributed by atoms with van der Waals surface area (Å²) in [5, 5.41) is 0. The zero-order valence-electron chi connectivity index (χ0n) is 9.65. The molecular weight excluding hydrogens is 222 g/mol. The third-order valence-corrected chi connectivity index (χ3v) is 3.19. The lowest BCUT2D eigenvalue weighted by atomic mass is 10.1. The molecule has 0 radical (unpaired) electrons. The van der Waals surface area contributed by atoms with Crippen LogP contribution in [0.5, 0.6) is 0 Å². The Morgan fingerprint density at radius 3 is 2.75 bits per heavy atom. The highest BCUT2D eigenvalue weighted by Crippen LogP contribution is 2.24. The number of imidazole rings is 1. The van der Waals surface area contributed by atoms with Gasteiger partial charge < -0.3 is 4.57 Å². The second-order valence-electron chi connectivity index (χ2n) is 3.85. The van der Waals surface area contributed by atoms with Crippen LogP contribution in [-0.2, 0) is 5.88 Å². The lowest BCUT2D eigenvalue weighted by Gasteiger charge is -2.17. The van der Waals surface area contributed by atoms with E-state index in [2.05, 4.69) is 28.4 Å². The van der Waals surface area contributed by atoms with Gasteiger partial charge in [-0.25, -0.2) is 9.97 Å². The Kier molecular flexibility index (Phi) is 3.44. The molecule has 0 N–H and O–H groups in total. The fourth-order valence-corrected chi connectivity index (χ4v) is 2.30. The number of halogens is 1. The number of alkyl halides is 1. The maximum atomic E-state index is 5.95. The van der Waals surface area contributed by atoms with Crippen molar-refractivity contribution in [2.75, 3.05) is 0 Å². The van der Waals surface area contributed by atoms with Gasteiger partial charge in [-0.2, -0.15) is 0 Å². The van der Waals surface area contributed by atoms with E-state index in [-0.39, 0.29) is 0 Å². The van der Waals surface area contributed by atoms with Crippen LogP contribution < -0.4 is 0 Å². The Bertz CT molecular complexity index is 474. The summed E-state index contributed by atoms with van der Waals surface area (Å²) in [4.78, 5) is 8.92. The number of aromatic nitrogens is 3. The van der Waals surface area contributed by atoms with Crippen LogP contribution in [-0.4, -0.2) is 14.5 Å². The first kappa shape index (κ1) is 11.4. The molecule has 2 aromatic rings. The number of hydrogen-bond donors (Lipinski definition) is 0. The number of nitrogens with zero attached hydrogens (tertiary/aromatic N) is 3. The van der Waals surface area contributed by atoms with Crippen LogP contribution in [0.4, 0.5) is 0 Å². The van der Waals surface area contributed by atoms with E-state index in [0.29, 0.717) is 11.9 Å². The van der Waals surface area contributed by atoms with E-state index in [1.54, 1.807) is 6.20 Å². The molecule has 0 aliphatic rings. The lowest BCUT2D eigenvalue weighted by Crippen LogP contribution is -2.10. The van der Waals surface area contributed by atoms with Gasteiger partial charge in [-0.1, -0.05) is 13.8 Å². The highest BCUT2D eigenvalue weighted by molar-refractivity contribution is 6.16. The molecule has 0 aliphatic heterocycles. The topological polar surface area (TPSA) is 30.7 Å². The molecule has 0 saturated heterocycles. The van der Waals surface area contributed by atoms with Crippen molar-refractivity contribution in [1.29, 1.82) is 0 Å². The highest BCUT2D eigenvalue weighted by atomic mass is 35.5. The van der Waals surface area contributed by atoms with Gasteiger partial charge in [0.15, 0.2) is 5.65 Å². The van der Waals surface area contributed by atoms with Gasteiger partial charge in [-0.3, -0.25) is 0 Å². The van der Waals surface area contributed by atoms with Crippen LogP contribution >= 0.6 is 11.6 Å². The van der Waals surface area contributed by atoms with Crippen LogP contribution in [0.2, 0.25) is 0 Å². The molecule has 0 saturated carbocycles. The van der Waals surface area contributed by atoms with Crippen molar-refractivity contribution in [3.63, 3.8) is 0 Å². The summed E-state index contributed by atoms with van der Waals surface area (Å²) in [7, 11) is 0. The van der Waals surface area contributed by atoms with Crippen molar-refractivity contribution in [1.82, 2.24) is 14.5 Å². The third kappa shape index (κ3) is 1.80. The summed E-state index contributed by atoms with van der Waals surface area (Å²) in [5.74, 6) is 1.36. The van der Waals surface area contributed by atoms with E-state index < -0.39 is 0 Å². The van der Waals surface area contributed by atoms with Gasteiger partial charge in [-0.15, -0.1) is 11.6 Å². The molecule has 0 aromatic carbocycles. The molecule has 0 atom stereocenters. The van der Waals surface area contributed by atoms with Crippen LogP contribution in [0.15, 0.2) is 18.3 Å². The van der Waals surface area contributed by atoms with Gasteiger partial charge in [0.05, 0.1) is 5.88 Å². The summed E-state index contributed by atoms with van der Waals surface area (Å²) < 4.78 is 2.18. The van der Waals surface area contributed by atoms with E-state index in [1.807, 2.05) is 12.1 Å². The molecule has 16 heavy (non-hydrogen) atoms. The minimum Gasteiger partial charge on any atom is -0.309 e. The highest BCUT2D eigenvalue weighted by Gasteiger charge is 2.16. The Hall–Kier alpha value is -1.09. The Morgan fingerprint density at radius 2 is 2.12 bits per heavy atom. The Balaban J connectivity index is 2.63. The lowest BCUT2D eigenvalue weighted by molar-refractivity contribution is 0.469. The fraction of sp³-hybridized carbons (Fsp3) is 0.500. The molecule has 86 valence electrons. The predicted octanol–water partition coefficient (Wildman–Crippen LogP) is 3.53. The van der Waals surface area contributed by atoms with Crippen molar-refractivity contribution in [3.05, 3.63) is 24.2 Å². The quantitative estimate of drug-likeness (QED) is 0.762. The number of pyridine rings is 1. The SMILES string of the molecule is CCC(CC)n1c(CCl)nc2cccnc21. The fourth-order valence-electron chi connectivity index (χ4n) is 2.11. The standard InChI is InChI=1S/C12H16ClN3/c1-3-9(4-2)16-11(8-13)15-10-6-5-7-14-12(10)16/h5-7,9H,3-4,8H2,1-2H3. The molecule has 2 heterocycles. The van der Waals surface area contributed by atoms with Gasteiger partial charge >= 0.3 is 0 Å². The molecule has 0 spiro atoms. The van der Waals surface area contributed by atoms with Crippen molar-refractivity contribution < 1.29 is 0 Å². The van der Waals surface area contributed by atoms with Crippen molar-refractivity contribution in [3.8, 4) is 0 Å². The van der Waals surface area contributed by atoms with Crippen LogP contribution in [0.25, 0.3) is 11.2 Å². The maximum absolute atomic E-state index is 5.95. The molecule has 2 rings (SSSR count). The second-order valence-corrected chi connectivity index (χ2v) is 4.12. The van der Waals surface area contributed by atoms with Crippen LogP contribution in [0, 0.1) is 0 Å². The maximum Gasteiger partial charge on any atom is 0.160 e. The molecule has 0 unspecified atom stereocenters. The van der Waals surface area contributed by atoms with Gasteiger partial charge in [0.1, 0.15) is 11.3 Å². The normalized spacial score (nSPS) is 11.5. The minimum absolute atomic E-state index is 0.437. The van der Waals surface area contributed by atoms with E-state index in [0.717, 1.165) is 29.8 Å². The minimum atomic E-state index is 0.437. The second kappa shape index (κ2) is 4.83. The zero-order chi connectivity index (χ0) is 11.5. The largest absolute Gasteiger partial charge is 0.309 e. The number of fused-ring (bicyclic) bond motifs is 1. The van der Waals surface area contributed by atoms with Crippen molar-refractivity contribution in [2.45, 2.75) is 38.6 Å². The Morgan fingerprint density at radius 1 is 1.38 bits per heavy atom.